The first-order valence-corrected chi connectivity index (χ1v) is 15.5. The number of nitrogens with one attached hydrogen (secondary N) is 1. The minimum Gasteiger partial charge on any atom is -0.358 e. The fourth-order valence-corrected chi connectivity index (χ4v) is 7.65. The molecule has 3 aliphatic rings. The molecule has 1 N–H and O–H groups in total. The smallest absolute Gasteiger partial charge is 0.358 e. The van der Waals surface area contributed by atoms with Crippen LogP contribution in [0.4, 0.5) is 13.2 Å². The van der Waals surface area contributed by atoms with Gasteiger partial charge >= 0.3 is 6.18 Å². The van der Waals surface area contributed by atoms with Gasteiger partial charge in [0.05, 0.1) is 5.56 Å². The number of aromatic nitrogens is 1. The number of alkyl halides is 3. The molecule has 0 bridgehead atoms. The largest absolute Gasteiger partial charge is 0.416 e. The lowest BCUT2D eigenvalue weighted by molar-refractivity contribution is -0.143. The van der Waals surface area contributed by atoms with Gasteiger partial charge < -0.3 is 14.8 Å². The number of aromatic amines is 1. The van der Waals surface area contributed by atoms with E-state index in [1.165, 1.54) is 17.7 Å². The maximum absolute atomic E-state index is 13.6. The number of piperazine rings is 1. The molecule has 1 amide bonds. The molecule has 3 atom stereocenters. The van der Waals surface area contributed by atoms with Crippen molar-refractivity contribution in [3.05, 3.63) is 70.9 Å². The Morgan fingerprint density at radius 2 is 1.71 bits per heavy atom. The molecular weight excluding hydrogens is 537 g/mol. The molecule has 5 nitrogen and oxygen atoms in total. The number of nitrogens with zero attached hydrogens (tertiary/aromatic N) is 3. The van der Waals surface area contributed by atoms with Gasteiger partial charge in [0, 0.05) is 61.3 Å². The first-order chi connectivity index (χ1) is 20.0. The van der Waals surface area contributed by atoms with Crippen molar-refractivity contribution >= 4 is 16.8 Å². The van der Waals surface area contributed by atoms with E-state index in [2.05, 4.69) is 59.8 Å². The summed E-state index contributed by atoms with van der Waals surface area (Å²) in [5, 5.41) is 0.721. The maximum Gasteiger partial charge on any atom is 0.416 e. The van der Waals surface area contributed by atoms with Crippen LogP contribution in [-0.2, 0) is 23.9 Å². The van der Waals surface area contributed by atoms with Crippen LogP contribution in [0, 0.1) is 17.3 Å². The highest BCUT2D eigenvalue weighted by molar-refractivity contribution is 5.86. The van der Waals surface area contributed by atoms with Gasteiger partial charge in [-0.25, -0.2) is 0 Å². The summed E-state index contributed by atoms with van der Waals surface area (Å²) in [6.45, 7) is 13.4. The second kappa shape index (κ2) is 11.3. The number of fused-ring (bicyclic) bond motifs is 4. The standard InChI is InChI=1S/C34H43F3N4O/c1-23-28-22-39(13-11-25(28)19-30-31(23)27-20-26(34(35,36)37)9-10-29(27)38-30)14-12-33(2,3)32(42)41-17-15-40(16-18-41)21-24-7-5-4-6-8-24/h4-10,20,23,25,28,38H,11-19,21-22H2,1-3H3/t23-,25-,28-/m1/s1. The molecule has 2 aliphatic heterocycles. The highest BCUT2D eigenvalue weighted by Gasteiger charge is 2.41. The van der Waals surface area contributed by atoms with Gasteiger partial charge in [0.25, 0.3) is 0 Å². The summed E-state index contributed by atoms with van der Waals surface area (Å²) in [6.07, 6.45) is -1.57. The van der Waals surface area contributed by atoms with Gasteiger partial charge in [-0.3, -0.25) is 9.69 Å². The number of halogens is 3. The number of carbonyl (C=O) groups is 1. The number of carbonyl (C=O) groups excluding carboxylic acids is 1. The lowest BCUT2D eigenvalue weighted by Crippen LogP contribution is -2.52. The zero-order valence-corrected chi connectivity index (χ0v) is 25.0. The SMILES string of the molecule is C[C@H]1c2c([nH]c3ccc(C(F)(F)F)cc23)C[C@H]2CCN(CCC(C)(C)C(=O)N3CCN(Cc4ccccc4)CC3)C[C@@H]21. The summed E-state index contributed by atoms with van der Waals surface area (Å²) in [6, 6.07) is 14.6. The van der Waals surface area contributed by atoms with Gasteiger partial charge in [0.15, 0.2) is 0 Å². The number of H-pyrrole nitrogens is 1. The van der Waals surface area contributed by atoms with Crippen molar-refractivity contribution in [1.29, 1.82) is 0 Å². The molecule has 2 aromatic carbocycles. The first-order valence-electron chi connectivity index (χ1n) is 15.5. The van der Waals surface area contributed by atoms with Crippen molar-refractivity contribution in [2.75, 3.05) is 45.8 Å². The normalized spacial score (nSPS) is 24.0. The number of hydrogen-bond donors (Lipinski definition) is 1. The second-order valence-corrected chi connectivity index (χ2v) is 13.5. The number of hydrogen-bond acceptors (Lipinski definition) is 3. The quantitative estimate of drug-likeness (QED) is 0.360. The lowest BCUT2D eigenvalue weighted by Gasteiger charge is -2.45. The van der Waals surface area contributed by atoms with E-state index in [0.29, 0.717) is 11.8 Å². The molecule has 8 heteroatoms. The molecule has 2 fully saturated rings. The van der Waals surface area contributed by atoms with Gasteiger partial charge in [0.2, 0.25) is 5.91 Å². The van der Waals surface area contributed by atoms with E-state index in [4.69, 9.17) is 0 Å². The fraction of sp³-hybridized carbons (Fsp3) is 0.559. The predicted molar refractivity (Wildman–Crippen MR) is 160 cm³/mol. The van der Waals surface area contributed by atoms with E-state index in [1.807, 2.05) is 11.0 Å². The lowest BCUT2D eigenvalue weighted by atomic mass is 9.68. The highest BCUT2D eigenvalue weighted by atomic mass is 19.4. The Bertz CT molecular complexity index is 1410. The molecule has 3 aromatic rings. The Kier molecular flexibility index (Phi) is 7.90. The number of piperidine rings is 1. The van der Waals surface area contributed by atoms with E-state index in [0.717, 1.165) is 93.8 Å². The maximum atomic E-state index is 13.6. The van der Waals surface area contributed by atoms with E-state index >= 15 is 0 Å². The van der Waals surface area contributed by atoms with Crippen molar-refractivity contribution < 1.29 is 18.0 Å². The number of amides is 1. The third-order valence-corrected chi connectivity index (χ3v) is 10.2. The molecule has 3 heterocycles. The molecule has 2 saturated heterocycles. The molecule has 226 valence electrons. The van der Waals surface area contributed by atoms with Gasteiger partial charge in [-0.2, -0.15) is 13.2 Å². The van der Waals surface area contributed by atoms with Crippen molar-refractivity contribution in [2.24, 2.45) is 17.3 Å². The fourth-order valence-electron chi connectivity index (χ4n) is 7.65. The molecule has 1 aromatic heterocycles. The van der Waals surface area contributed by atoms with Crippen LogP contribution in [0.2, 0.25) is 0 Å². The Labute approximate surface area is 247 Å². The Balaban J connectivity index is 1.05. The Morgan fingerprint density at radius 3 is 2.43 bits per heavy atom. The second-order valence-electron chi connectivity index (χ2n) is 13.5. The minimum atomic E-state index is -4.35. The van der Waals surface area contributed by atoms with E-state index < -0.39 is 17.2 Å². The van der Waals surface area contributed by atoms with Crippen molar-refractivity contribution in [3.8, 4) is 0 Å². The van der Waals surface area contributed by atoms with Crippen molar-refractivity contribution in [1.82, 2.24) is 19.7 Å². The van der Waals surface area contributed by atoms with Crippen LogP contribution in [0.15, 0.2) is 48.5 Å². The van der Waals surface area contributed by atoms with Gasteiger partial charge in [-0.15, -0.1) is 0 Å². The summed E-state index contributed by atoms with van der Waals surface area (Å²) >= 11 is 0. The summed E-state index contributed by atoms with van der Waals surface area (Å²) in [4.78, 5) is 24.0. The van der Waals surface area contributed by atoms with Gasteiger partial charge in [-0.05, 0) is 79.4 Å². The van der Waals surface area contributed by atoms with Crippen molar-refractivity contribution in [3.63, 3.8) is 0 Å². The van der Waals surface area contributed by atoms with Crippen LogP contribution in [0.3, 0.4) is 0 Å². The highest BCUT2D eigenvalue weighted by Crippen LogP contribution is 2.47. The molecule has 1 aliphatic carbocycles. The van der Waals surface area contributed by atoms with E-state index in [9.17, 15) is 18.0 Å². The third-order valence-electron chi connectivity index (χ3n) is 10.2. The Hall–Kier alpha value is -2.84. The average molecular weight is 581 g/mol. The monoisotopic (exact) mass is 580 g/mol. The molecule has 0 radical (unpaired) electrons. The van der Waals surface area contributed by atoms with Gasteiger partial charge in [-0.1, -0.05) is 51.1 Å². The molecule has 6 rings (SSSR count). The molecular formula is C34H43F3N4O. The average Bonchev–Trinajstić information content (AvgIpc) is 3.34. The number of likely N-dealkylation sites (tertiary alicyclic amines) is 1. The van der Waals surface area contributed by atoms with Crippen LogP contribution in [0.25, 0.3) is 10.9 Å². The molecule has 0 unspecified atom stereocenters. The van der Waals surface area contributed by atoms with Crippen LogP contribution in [0.1, 0.15) is 61.9 Å². The molecule has 0 saturated carbocycles. The molecule has 42 heavy (non-hydrogen) atoms. The Morgan fingerprint density at radius 1 is 0.976 bits per heavy atom. The van der Waals surface area contributed by atoms with Crippen LogP contribution < -0.4 is 0 Å². The summed E-state index contributed by atoms with van der Waals surface area (Å²) in [7, 11) is 0. The summed E-state index contributed by atoms with van der Waals surface area (Å²) in [5.41, 5.74) is 3.27. The number of rotatable bonds is 6. The minimum absolute atomic E-state index is 0.181. The number of benzene rings is 2. The van der Waals surface area contributed by atoms with Crippen molar-refractivity contribution in [2.45, 2.75) is 58.7 Å². The first kappa shape index (κ1) is 29.2. The van der Waals surface area contributed by atoms with Gasteiger partial charge in [0.1, 0.15) is 0 Å². The summed E-state index contributed by atoms with van der Waals surface area (Å²) < 4.78 is 40.4. The molecule has 0 spiro atoms. The third kappa shape index (κ3) is 5.85. The zero-order chi connectivity index (χ0) is 29.6. The summed E-state index contributed by atoms with van der Waals surface area (Å²) in [5.74, 6) is 1.35. The predicted octanol–water partition coefficient (Wildman–Crippen LogP) is 6.55. The van der Waals surface area contributed by atoms with E-state index in [1.54, 1.807) is 6.07 Å². The van der Waals surface area contributed by atoms with Crippen LogP contribution in [0.5, 0.6) is 0 Å². The van der Waals surface area contributed by atoms with Crippen LogP contribution >= 0.6 is 0 Å². The van der Waals surface area contributed by atoms with Crippen LogP contribution in [-0.4, -0.2) is 71.4 Å². The zero-order valence-electron chi connectivity index (χ0n) is 25.0. The van der Waals surface area contributed by atoms with E-state index in [-0.39, 0.29) is 11.8 Å². The topological polar surface area (TPSA) is 42.6 Å².